The highest BCUT2D eigenvalue weighted by Crippen LogP contribution is 2.19. The molecule has 1 aliphatic heterocycles. The molecule has 1 amide bonds. The Kier molecular flexibility index (Phi) is 6.89. The molecular formula is C20H23ClFN3O3S. The highest BCUT2D eigenvalue weighted by atomic mass is 35.5. The van der Waals surface area contributed by atoms with Crippen LogP contribution in [-0.4, -0.2) is 56.3 Å². The maximum atomic E-state index is 13.4. The Hall–Kier alpha value is -2.00. The number of carbonyl (C=O) groups excluding carboxylic acids is 1. The first-order valence-corrected chi connectivity index (χ1v) is 11.1. The Balaban J connectivity index is 1.51. The molecule has 3 rings (SSSR count). The van der Waals surface area contributed by atoms with Gasteiger partial charge in [-0.2, -0.15) is 4.31 Å². The van der Waals surface area contributed by atoms with E-state index in [9.17, 15) is 17.6 Å². The molecule has 1 aliphatic rings. The predicted octanol–water partition coefficient (Wildman–Crippen LogP) is 2.66. The number of nitrogens with zero attached hydrogens (tertiary/aromatic N) is 2. The minimum Gasteiger partial charge on any atom is -0.348 e. The second kappa shape index (κ2) is 9.21. The summed E-state index contributed by atoms with van der Waals surface area (Å²) in [5, 5.41) is 3.58. The van der Waals surface area contributed by atoms with E-state index in [-0.39, 0.29) is 36.5 Å². The number of hydrogen-bond acceptors (Lipinski definition) is 4. The molecule has 2 aromatic rings. The molecule has 0 spiro atoms. The van der Waals surface area contributed by atoms with Gasteiger partial charge in [-0.25, -0.2) is 12.8 Å². The molecule has 1 fully saturated rings. The van der Waals surface area contributed by atoms with Crippen molar-refractivity contribution in [1.82, 2.24) is 14.5 Å². The first-order valence-electron chi connectivity index (χ1n) is 9.28. The number of nitrogens with one attached hydrogen (secondary N) is 1. The first kappa shape index (κ1) is 21.7. The third kappa shape index (κ3) is 5.54. The quantitative estimate of drug-likeness (QED) is 0.751. The lowest BCUT2D eigenvalue weighted by atomic mass is 10.1. The predicted molar refractivity (Wildman–Crippen MR) is 110 cm³/mol. The molecule has 156 valence electrons. The van der Waals surface area contributed by atoms with E-state index in [0.717, 1.165) is 11.6 Å². The fraction of sp³-hybridized carbons (Fsp3) is 0.350. The molecule has 1 heterocycles. The molecule has 1 saturated heterocycles. The lowest BCUT2D eigenvalue weighted by Crippen LogP contribution is -2.51. The summed E-state index contributed by atoms with van der Waals surface area (Å²) in [5.74, 6) is -0.718. The van der Waals surface area contributed by atoms with Crippen molar-refractivity contribution in [1.29, 1.82) is 0 Å². The van der Waals surface area contributed by atoms with Crippen LogP contribution in [0.25, 0.3) is 0 Å². The van der Waals surface area contributed by atoms with Gasteiger partial charge in [0.15, 0.2) is 0 Å². The molecule has 29 heavy (non-hydrogen) atoms. The Morgan fingerprint density at radius 2 is 1.79 bits per heavy atom. The van der Waals surface area contributed by atoms with Gasteiger partial charge >= 0.3 is 0 Å². The van der Waals surface area contributed by atoms with Crippen LogP contribution in [0.15, 0.2) is 53.4 Å². The van der Waals surface area contributed by atoms with Crippen LogP contribution in [0, 0.1) is 5.82 Å². The molecule has 0 aromatic heterocycles. The molecule has 2 aromatic carbocycles. The fourth-order valence-electron chi connectivity index (χ4n) is 3.23. The third-order valence-electron chi connectivity index (χ3n) is 4.88. The smallest absolute Gasteiger partial charge is 0.243 e. The fourth-order valence-corrected chi connectivity index (χ4v) is 4.81. The van der Waals surface area contributed by atoms with E-state index in [1.165, 1.54) is 22.5 Å². The van der Waals surface area contributed by atoms with Crippen molar-refractivity contribution in [3.63, 3.8) is 0 Å². The second-order valence-corrected chi connectivity index (χ2v) is 9.35. The minimum absolute atomic E-state index is 0.0551. The lowest BCUT2D eigenvalue weighted by molar-refractivity contribution is -0.123. The topological polar surface area (TPSA) is 69.7 Å². The molecule has 1 N–H and O–H groups in total. The Morgan fingerprint density at radius 1 is 1.14 bits per heavy atom. The molecule has 6 nitrogen and oxygen atoms in total. The monoisotopic (exact) mass is 439 g/mol. The molecule has 0 bridgehead atoms. The second-order valence-electron chi connectivity index (χ2n) is 6.98. The summed E-state index contributed by atoms with van der Waals surface area (Å²) in [4.78, 5) is 14.2. The zero-order valence-corrected chi connectivity index (χ0v) is 17.6. The maximum absolute atomic E-state index is 13.4. The van der Waals surface area contributed by atoms with Crippen LogP contribution in [0.3, 0.4) is 0 Å². The van der Waals surface area contributed by atoms with E-state index in [1.54, 1.807) is 12.1 Å². The van der Waals surface area contributed by atoms with Crippen molar-refractivity contribution in [2.75, 3.05) is 32.7 Å². The number of hydrogen-bond donors (Lipinski definition) is 1. The molecule has 0 unspecified atom stereocenters. The summed E-state index contributed by atoms with van der Waals surface area (Å²) in [6.45, 7) is 3.43. The van der Waals surface area contributed by atoms with Gasteiger partial charge in [-0.3, -0.25) is 9.69 Å². The Morgan fingerprint density at radius 3 is 2.41 bits per heavy atom. The van der Waals surface area contributed by atoms with Gasteiger partial charge in [0, 0.05) is 31.2 Å². The van der Waals surface area contributed by atoms with Crippen molar-refractivity contribution in [3.05, 3.63) is 64.9 Å². The van der Waals surface area contributed by atoms with Gasteiger partial charge in [0.2, 0.25) is 15.9 Å². The van der Waals surface area contributed by atoms with Crippen LogP contribution >= 0.6 is 11.6 Å². The number of rotatable bonds is 6. The summed E-state index contributed by atoms with van der Waals surface area (Å²) in [6, 6.07) is 12.1. The van der Waals surface area contributed by atoms with Gasteiger partial charge < -0.3 is 5.32 Å². The van der Waals surface area contributed by atoms with Crippen LogP contribution < -0.4 is 5.32 Å². The zero-order valence-electron chi connectivity index (χ0n) is 16.0. The number of sulfonamides is 1. The lowest BCUT2D eigenvalue weighted by Gasteiger charge is -2.33. The zero-order chi connectivity index (χ0) is 21.0. The largest absolute Gasteiger partial charge is 0.348 e. The molecule has 9 heteroatoms. The van der Waals surface area contributed by atoms with Crippen LogP contribution in [-0.2, 0) is 14.8 Å². The molecule has 1 atom stereocenters. The Labute approximate surface area is 175 Å². The van der Waals surface area contributed by atoms with E-state index in [2.05, 4.69) is 5.32 Å². The summed E-state index contributed by atoms with van der Waals surface area (Å²) in [6.07, 6.45) is 0. The normalized spacial score (nSPS) is 17.1. The average Bonchev–Trinajstić information content (AvgIpc) is 2.68. The number of amides is 1. The van der Waals surface area contributed by atoms with E-state index >= 15 is 0 Å². The van der Waals surface area contributed by atoms with Gasteiger partial charge in [0.25, 0.3) is 0 Å². The van der Waals surface area contributed by atoms with Crippen molar-refractivity contribution >= 4 is 27.5 Å². The van der Waals surface area contributed by atoms with Crippen LogP contribution in [0.1, 0.15) is 18.5 Å². The van der Waals surface area contributed by atoms with Crippen molar-refractivity contribution < 1.29 is 17.6 Å². The molecule has 0 aliphatic carbocycles. The van der Waals surface area contributed by atoms with Crippen molar-refractivity contribution in [3.8, 4) is 0 Å². The number of halogens is 2. The third-order valence-corrected chi connectivity index (χ3v) is 7.03. The number of piperazine rings is 1. The first-order chi connectivity index (χ1) is 13.8. The SMILES string of the molecule is C[C@@H](NC(=O)CN1CCN(S(=O)(=O)c2cccc(F)c2)CC1)c1ccc(Cl)cc1. The van der Waals surface area contributed by atoms with Crippen LogP contribution in [0.5, 0.6) is 0 Å². The molecular weight excluding hydrogens is 417 g/mol. The van der Waals surface area contributed by atoms with Crippen LogP contribution in [0.4, 0.5) is 4.39 Å². The van der Waals surface area contributed by atoms with E-state index < -0.39 is 15.8 Å². The molecule has 0 radical (unpaired) electrons. The van der Waals surface area contributed by atoms with Gasteiger partial charge in [0.1, 0.15) is 5.82 Å². The van der Waals surface area contributed by atoms with Gasteiger partial charge in [0.05, 0.1) is 17.5 Å². The van der Waals surface area contributed by atoms with E-state index in [4.69, 9.17) is 11.6 Å². The number of carbonyl (C=O) groups is 1. The van der Waals surface area contributed by atoms with Gasteiger partial charge in [-0.1, -0.05) is 29.8 Å². The Bertz CT molecular complexity index is 961. The van der Waals surface area contributed by atoms with Crippen molar-refractivity contribution in [2.24, 2.45) is 0 Å². The molecule has 0 saturated carbocycles. The highest BCUT2D eigenvalue weighted by Gasteiger charge is 2.29. The summed E-state index contributed by atoms with van der Waals surface area (Å²) in [5.41, 5.74) is 0.953. The van der Waals surface area contributed by atoms with E-state index in [1.807, 2.05) is 24.0 Å². The average molecular weight is 440 g/mol. The number of benzene rings is 2. The summed E-state index contributed by atoms with van der Waals surface area (Å²) >= 11 is 5.88. The highest BCUT2D eigenvalue weighted by molar-refractivity contribution is 7.89. The minimum atomic E-state index is -3.74. The summed E-state index contributed by atoms with van der Waals surface area (Å²) < 4.78 is 40.0. The van der Waals surface area contributed by atoms with Crippen LogP contribution in [0.2, 0.25) is 5.02 Å². The van der Waals surface area contributed by atoms with Gasteiger partial charge in [-0.15, -0.1) is 0 Å². The van der Waals surface area contributed by atoms with Crippen molar-refractivity contribution in [2.45, 2.75) is 17.9 Å². The summed E-state index contributed by atoms with van der Waals surface area (Å²) in [7, 11) is -3.74. The van der Waals surface area contributed by atoms with Gasteiger partial charge in [-0.05, 0) is 42.8 Å². The standard InChI is InChI=1S/C20H23ClFN3O3S/c1-15(16-5-7-17(21)8-6-16)23-20(26)14-24-9-11-25(12-10-24)29(27,28)19-4-2-3-18(22)13-19/h2-8,13,15H,9-12,14H2,1H3,(H,23,26)/t15-/m1/s1. The van der Waals surface area contributed by atoms with E-state index in [0.29, 0.717) is 18.1 Å². The maximum Gasteiger partial charge on any atom is 0.243 e.